The Labute approximate surface area is 231 Å². The summed E-state index contributed by atoms with van der Waals surface area (Å²) in [6.07, 6.45) is 0. The Morgan fingerprint density at radius 1 is 0.775 bits per heavy atom. The highest BCUT2D eigenvalue weighted by Gasteiger charge is 2.22. The molecule has 0 heterocycles. The molecular formula is C33H27N3O4. The van der Waals surface area contributed by atoms with E-state index in [9.17, 15) is 9.59 Å². The molecule has 0 aliphatic carbocycles. The fourth-order valence-corrected chi connectivity index (χ4v) is 4.44. The zero-order valence-electron chi connectivity index (χ0n) is 21.8. The van der Waals surface area contributed by atoms with Crippen molar-refractivity contribution in [3.05, 3.63) is 131 Å². The highest BCUT2D eigenvalue weighted by Crippen LogP contribution is 2.34. The lowest BCUT2D eigenvalue weighted by atomic mass is 9.92. The first kappa shape index (κ1) is 26.2. The number of fused-ring (bicyclic) bond motifs is 1. The van der Waals surface area contributed by atoms with Crippen molar-refractivity contribution >= 4 is 34.2 Å². The second-order valence-electron chi connectivity index (χ2n) is 9.16. The molecule has 7 heteroatoms. The van der Waals surface area contributed by atoms with Crippen LogP contribution in [0.1, 0.15) is 31.8 Å². The monoisotopic (exact) mass is 529 g/mol. The molecule has 0 spiro atoms. The van der Waals surface area contributed by atoms with Crippen LogP contribution in [0.4, 0.5) is 5.69 Å². The third-order valence-electron chi connectivity index (χ3n) is 6.53. The summed E-state index contributed by atoms with van der Waals surface area (Å²) in [4.78, 5) is 27.1. The van der Waals surface area contributed by atoms with Gasteiger partial charge in [-0.25, -0.2) is 4.79 Å². The first-order valence-electron chi connectivity index (χ1n) is 12.6. The molecule has 0 fully saturated rings. The molecule has 7 nitrogen and oxygen atoms in total. The lowest BCUT2D eigenvalue weighted by Crippen LogP contribution is -2.15. The third kappa shape index (κ3) is 5.68. The van der Waals surface area contributed by atoms with Crippen molar-refractivity contribution in [3.8, 4) is 16.9 Å². The van der Waals surface area contributed by atoms with Crippen LogP contribution in [0, 0.1) is 5.41 Å². The number of hydrogen-bond donors (Lipinski definition) is 3. The minimum atomic E-state index is -0.530. The van der Waals surface area contributed by atoms with Crippen molar-refractivity contribution in [1.82, 2.24) is 0 Å². The molecule has 198 valence electrons. The van der Waals surface area contributed by atoms with Crippen molar-refractivity contribution in [2.45, 2.75) is 6.61 Å². The molecule has 0 radical (unpaired) electrons. The van der Waals surface area contributed by atoms with Crippen molar-refractivity contribution in [3.63, 3.8) is 0 Å². The number of amides is 1. The summed E-state index contributed by atoms with van der Waals surface area (Å²) >= 11 is 0. The van der Waals surface area contributed by atoms with Crippen molar-refractivity contribution < 1.29 is 19.1 Å². The van der Waals surface area contributed by atoms with E-state index >= 15 is 0 Å². The average Bonchev–Trinajstić information content (AvgIpc) is 2.99. The Hall–Kier alpha value is -5.43. The molecule has 0 saturated carbocycles. The fourth-order valence-electron chi connectivity index (χ4n) is 4.44. The maximum absolute atomic E-state index is 13.7. The smallest absolute Gasteiger partial charge is 0.339 e. The zero-order valence-corrected chi connectivity index (χ0v) is 21.8. The van der Waals surface area contributed by atoms with Gasteiger partial charge in [0.2, 0.25) is 0 Å². The summed E-state index contributed by atoms with van der Waals surface area (Å²) in [6, 6.07) is 32.7. The molecule has 0 saturated heterocycles. The Morgan fingerprint density at radius 3 is 2.12 bits per heavy atom. The number of benzene rings is 5. The Morgan fingerprint density at radius 2 is 1.45 bits per heavy atom. The highest BCUT2D eigenvalue weighted by molar-refractivity contribution is 6.13. The SMILES string of the molecule is COc1ccc(-c2cc3ccccc3cc2C(=O)Nc2ccc(C(=N)N)cc2)c(C(=O)OCc2ccccc2)c1. The Balaban J connectivity index is 1.57. The van der Waals surface area contributed by atoms with Gasteiger partial charge in [-0.15, -0.1) is 0 Å². The fraction of sp³-hybridized carbons (Fsp3) is 0.0606. The molecule has 0 aliphatic rings. The molecule has 1 amide bonds. The number of amidine groups is 1. The van der Waals surface area contributed by atoms with Gasteiger partial charge in [-0.1, -0.05) is 54.6 Å². The van der Waals surface area contributed by atoms with E-state index in [4.69, 9.17) is 20.6 Å². The summed E-state index contributed by atoms with van der Waals surface area (Å²) in [5.74, 6) is -0.443. The van der Waals surface area contributed by atoms with Crippen LogP contribution < -0.4 is 15.8 Å². The average molecular weight is 530 g/mol. The maximum atomic E-state index is 13.7. The van der Waals surface area contributed by atoms with Gasteiger partial charge < -0.3 is 20.5 Å². The van der Waals surface area contributed by atoms with E-state index in [0.717, 1.165) is 16.3 Å². The number of ether oxygens (including phenoxy) is 2. The van der Waals surface area contributed by atoms with E-state index in [2.05, 4.69) is 5.32 Å². The first-order chi connectivity index (χ1) is 19.4. The van der Waals surface area contributed by atoms with Crippen LogP contribution in [0.25, 0.3) is 21.9 Å². The van der Waals surface area contributed by atoms with Crippen LogP contribution in [0.3, 0.4) is 0 Å². The van der Waals surface area contributed by atoms with Gasteiger partial charge in [-0.05, 0) is 82.1 Å². The molecule has 0 atom stereocenters. The molecule has 0 bridgehead atoms. The lowest BCUT2D eigenvalue weighted by molar-refractivity contribution is 0.0473. The van der Waals surface area contributed by atoms with E-state index in [1.807, 2.05) is 66.7 Å². The molecular weight excluding hydrogens is 502 g/mol. The molecule has 5 aromatic rings. The van der Waals surface area contributed by atoms with E-state index in [-0.39, 0.29) is 23.9 Å². The van der Waals surface area contributed by atoms with E-state index < -0.39 is 5.97 Å². The van der Waals surface area contributed by atoms with Crippen LogP contribution >= 0.6 is 0 Å². The Kier molecular flexibility index (Phi) is 7.55. The maximum Gasteiger partial charge on any atom is 0.339 e. The number of nitrogen functional groups attached to an aromatic ring is 1. The summed E-state index contributed by atoms with van der Waals surface area (Å²) < 4.78 is 11.1. The number of carbonyl (C=O) groups is 2. The Bertz CT molecular complexity index is 1710. The van der Waals surface area contributed by atoms with Gasteiger partial charge in [0.1, 0.15) is 18.2 Å². The summed E-state index contributed by atoms with van der Waals surface area (Å²) in [5.41, 5.74) is 9.31. The quantitative estimate of drug-likeness (QED) is 0.122. The number of methoxy groups -OCH3 is 1. The van der Waals surface area contributed by atoms with E-state index in [1.165, 1.54) is 7.11 Å². The lowest BCUT2D eigenvalue weighted by Gasteiger charge is -2.16. The van der Waals surface area contributed by atoms with Crippen LogP contribution in [0.2, 0.25) is 0 Å². The van der Waals surface area contributed by atoms with E-state index in [0.29, 0.717) is 33.7 Å². The molecule has 4 N–H and O–H groups in total. The minimum absolute atomic E-state index is 0.0547. The molecule has 0 aliphatic heterocycles. The van der Waals surface area contributed by atoms with Gasteiger partial charge in [-0.2, -0.15) is 0 Å². The summed E-state index contributed by atoms with van der Waals surface area (Å²) in [6.45, 7) is 0.109. The second-order valence-corrected chi connectivity index (χ2v) is 9.16. The van der Waals surface area contributed by atoms with Crippen LogP contribution in [0.15, 0.2) is 109 Å². The number of hydrogen-bond acceptors (Lipinski definition) is 5. The van der Waals surface area contributed by atoms with Crippen LogP contribution in [-0.2, 0) is 11.3 Å². The molecule has 0 unspecified atom stereocenters. The van der Waals surface area contributed by atoms with Crippen molar-refractivity contribution in [2.24, 2.45) is 5.73 Å². The minimum Gasteiger partial charge on any atom is -0.497 e. The number of esters is 1. The predicted molar refractivity (Wildman–Crippen MR) is 157 cm³/mol. The third-order valence-corrected chi connectivity index (χ3v) is 6.53. The van der Waals surface area contributed by atoms with Crippen molar-refractivity contribution in [1.29, 1.82) is 5.41 Å². The van der Waals surface area contributed by atoms with Gasteiger partial charge in [0.05, 0.1) is 12.7 Å². The molecule has 0 aromatic heterocycles. The van der Waals surface area contributed by atoms with Gasteiger partial charge in [0.15, 0.2) is 0 Å². The zero-order chi connectivity index (χ0) is 28.1. The summed E-state index contributed by atoms with van der Waals surface area (Å²) in [5, 5.41) is 12.3. The van der Waals surface area contributed by atoms with Crippen LogP contribution in [-0.4, -0.2) is 24.8 Å². The predicted octanol–water partition coefficient (Wildman–Crippen LogP) is 6.41. The number of nitrogens with two attached hydrogens (primary N) is 1. The second kappa shape index (κ2) is 11.5. The van der Waals surface area contributed by atoms with Gasteiger partial charge in [-0.3, -0.25) is 10.2 Å². The molecule has 5 aromatic carbocycles. The largest absolute Gasteiger partial charge is 0.497 e. The van der Waals surface area contributed by atoms with E-state index in [1.54, 1.807) is 42.5 Å². The van der Waals surface area contributed by atoms with Gasteiger partial charge in [0, 0.05) is 16.8 Å². The number of nitrogens with one attached hydrogen (secondary N) is 2. The van der Waals surface area contributed by atoms with Gasteiger partial charge >= 0.3 is 5.97 Å². The number of anilines is 1. The standard InChI is InChI=1S/C33H27N3O4/c1-39-26-15-16-27(30(19-26)33(38)40-20-21-7-3-2-4-8-21)28-17-23-9-5-6-10-24(23)18-29(28)32(37)36-25-13-11-22(12-14-25)31(34)35/h2-19H,20H2,1H3,(H3,34,35)(H,36,37). The first-order valence-corrected chi connectivity index (χ1v) is 12.6. The summed E-state index contributed by atoms with van der Waals surface area (Å²) in [7, 11) is 1.53. The highest BCUT2D eigenvalue weighted by atomic mass is 16.5. The molecule has 5 rings (SSSR count). The topological polar surface area (TPSA) is 115 Å². The van der Waals surface area contributed by atoms with Crippen molar-refractivity contribution in [2.75, 3.05) is 12.4 Å². The number of carbonyl (C=O) groups excluding carboxylic acids is 2. The number of rotatable bonds is 8. The van der Waals surface area contributed by atoms with Crippen LogP contribution in [0.5, 0.6) is 5.75 Å². The van der Waals surface area contributed by atoms with Gasteiger partial charge in [0.25, 0.3) is 5.91 Å². The molecule has 40 heavy (non-hydrogen) atoms. The normalized spacial score (nSPS) is 10.6.